The van der Waals surface area contributed by atoms with Crippen molar-refractivity contribution < 1.29 is 19.8 Å². The minimum Gasteiger partial charge on any atom is -0.481 e. The van der Waals surface area contributed by atoms with Crippen LogP contribution in [0.1, 0.15) is 206 Å². The van der Waals surface area contributed by atoms with Crippen LogP contribution in [0.25, 0.3) is 0 Å². The van der Waals surface area contributed by atoms with E-state index < -0.39 is 11.9 Å². The number of carboxylic acids is 2. The molecule has 0 aromatic rings. The van der Waals surface area contributed by atoms with Gasteiger partial charge in [-0.15, -0.1) is 0 Å². The molecule has 0 aromatic heterocycles. The third-order valence-electron chi connectivity index (χ3n) is 8.95. The van der Waals surface area contributed by atoms with Gasteiger partial charge in [-0.3, -0.25) is 9.59 Å². The van der Waals surface area contributed by atoms with Gasteiger partial charge >= 0.3 is 11.9 Å². The first kappa shape index (κ1) is 38.9. The van der Waals surface area contributed by atoms with E-state index in [1.807, 2.05) is 0 Å². The highest BCUT2D eigenvalue weighted by molar-refractivity contribution is 5.66. The monoisotopic (exact) mass is 567 g/mol. The van der Waals surface area contributed by atoms with E-state index in [-0.39, 0.29) is 0 Å². The number of aliphatic carboxylic acids is 2. The molecular weight excluding hydrogens is 496 g/mol. The highest BCUT2D eigenvalue weighted by Crippen LogP contribution is 2.33. The van der Waals surface area contributed by atoms with Crippen LogP contribution in [0.3, 0.4) is 0 Å². The highest BCUT2D eigenvalue weighted by atomic mass is 16.4. The van der Waals surface area contributed by atoms with E-state index in [2.05, 4.69) is 13.8 Å². The van der Waals surface area contributed by atoms with Gasteiger partial charge in [-0.05, 0) is 24.7 Å². The molecule has 0 aliphatic heterocycles. The van der Waals surface area contributed by atoms with Gasteiger partial charge in [0.2, 0.25) is 0 Å². The van der Waals surface area contributed by atoms with Crippen LogP contribution in [0.4, 0.5) is 0 Å². The first-order valence-electron chi connectivity index (χ1n) is 17.9. The fourth-order valence-electron chi connectivity index (χ4n) is 6.38. The van der Waals surface area contributed by atoms with E-state index in [1.165, 1.54) is 154 Å². The summed E-state index contributed by atoms with van der Waals surface area (Å²) >= 11 is 0. The number of carbonyl (C=O) groups is 2. The molecule has 0 aliphatic carbocycles. The van der Waals surface area contributed by atoms with Gasteiger partial charge in [-0.2, -0.15) is 0 Å². The SMILES string of the molecule is CCCCCC(CCCCCCCCCCCC(=O)O)C(CCCCC)CCCCCCCCCCCC(=O)O. The van der Waals surface area contributed by atoms with Gasteiger partial charge < -0.3 is 10.2 Å². The fraction of sp³-hybridized carbons (Fsp3) is 0.944. The Bertz CT molecular complexity index is 499. The number of hydrogen-bond acceptors (Lipinski definition) is 2. The quantitative estimate of drug-likeness (QED) is 0.0775. The van der Waals surface area contributed by atoms with Crippen molar-refractivity contribution >= 4 is 11.9 Å². The summed E-state index contributed by atoms with van der Waals surface area (Å²) in [6.45, 7) is 4.66. The van der Waals surface area contributed by atoms with Crippen molar-refractivity contribution in [3.8, 4) is 0 Å². The Labute approximate surface area is 249 Å². The maximum atomic E-state index is 10.6. The molecule has 0 aliphatic rings. The number of carboxylic acid groups (broad SMARTS) is 2. The summed E-state index contributed by atoms with van der Waals surface area (Å²) in [5.41, 5.74) is 0. The Kier molecular flexibility index (Phi) is 30.1. The van der Waals surface area contributed by atoms with Gasteiger partial charge in [0.1, 0.15) is 0 Å². The van der Waals surface area contributed by atoms with Crippen molar-refractivity contribution in [3.63, 3.8) is 0 Å². The lowest BCUT2D eigenvalue weighted by Gasteiger charge is -2.28. The summed E-state index contributed by atoms with van der Waals surface area (Å²) in [7, 11) is 0. The molecule has 40 heavy (non-hydrogen) atoms. The molecule has 4 nitrogen and oxygen atoms in total. The van der Waals surface area contributed by atoms with Gasteiger partial charge in [0.15, 0.2) is 0 Å². The van der Waals surface area contributed by atoms with Crippen LogP contribution >= 0.6 is 0 Å². The molecule has 0 amide bonds. The third kappa shape index (κ3) is 28.5. The summed E-state index contributed by atoms with van der Waals surface area (Å²) in [5, 5.41) is 17.5. The molecule has 0 radical (unpaired) electrons. The van der Waals surface area contributed by atoms with Gasteiger partial charge in [0, 0.05) is 12.8 Å². The van der Waals surface area contributed by atoms with E-state index in [1.54, 1.807) is 0 Å². The summed E-state index contributed by atoms with van der Waals surface area (Å²) in [6.07, 6.45) is 37.1. The number of rotatable bonds is 33. The third-order valence-corrected chi connectivity index (χ3v) is 8.95. The molecule has 2 unspecified atom stereocenters. The van der Waals surface area contributed by atoms with E-state index in [0.29, 0.717) is 12.8 Å². The van der Waals surface area contributed by atoms with Crippen LogP contribution in [0.15, 0.2) is 0 Å². The van der Waals surface area contributed by atoms with Crippen LogP contribution in [0.2, 0.25) is 0 Å². The maximum Gasteiger partial charge on any atom is 0.303 e. The standard InChI is InChI=1S/C36H70O4/c1-3-5-21-27-33(29-23-17-13-9-7-11-15-19-25-31-35(37)38)34(28-22-6-4-2)30-24-18-14-10-8-12-16-20-26-32-36(39)40/h33-34H,3-32H2,1-2H3,(H,37,38)(H,39,40). The average molecular weight is 567 g/mol. The van der Waals surface area contributed by atoms with Gasteiger partial charge in [0.05, 0.1) is 0 Å². The van der Waals surface area contributed by atoms with Crippen LogP contribution < -0.4 is 0 Å². The molecule has 2 N–H and O–H groups in total. The average Bonchev–Trinajstić information content (AvgIpc) is 2.92. The van der Waals surface area contributed by atoms with Crippen molar-refractivity contribution in [3.05, 3.63) is 0 Å². The van der Waals surface area contributed by atoms with E-state index in [4.69, 9.17) is 10.2 Å². The summed E-state index contributed by atoms with van der Waals surface area (Å²) in [6, 6.07) is 0. The molecule has 0 saturated heterocycles. The van der Waals surface area contributed by atoms with Crippen LogP contribution in [0, 0.1) is 11.8 Å². The van der Waals surface area contributed by atoms with Crippen molar-refractivity contribution in [2.24, 2.45) is 11.8 Å². The van der Waals surface area contributed by atoms with Crippen molar-refractivity contribution in [2.75, 3.05) is 0 Å². The molecule has 0 saturated carbocycles. The molecule has 0 aromatic carbocycles. The Morgan fingerprint density at radius 1 is 0.375 bits per heavy atom. The van der Waals surface area contributed by atoms with Gasteiger partial charge in [-0.25, -0.2) is 0 Å². The zero-order valence-corrected chi connectivity index (χ0v) is 27.1. The van der Waals surface area contributed by atoms with Gasteiger partial charge in [-0.1, -0.05) is 181 Å². The molecule has 238 valence electrons. The summed E-state index contributed by atoms with van der Waals surface area (Å²) < 4.78 is 0. The smallest absolute Gasteiger partial charge is 0.303 e. The maximum absolute atomic E-state index is 10.6. The summed E-state index contributed by atoms with van der Waals surface area (Å²) in [5.74, 6) is 0.553. The molecule has 0 bridgehead atoms. The molecule has 0 rings (SSSR count). The number of hydrogen-bond donors (Lipinski definition) is 2. The zero-order chi connectivity index (χ0) is 29.5. The topological polar surface area (TPSA) is 74.6 Å². The summed E-state index contributed by atoms with van der Waals surface area (Å²) in [4.78, 5) is 21.2. The van der Waals surface area contributed by atoms with E-state index in [0.717, 1.165) is 37.5 Å². The second kappa shape index (κ2) is 30.9. The molecular formula is C36H70O4. The Morgan fingerprint density at radius 2 is 0.600 bits per heavy atom. The Balaban J connectivity index is 4.26. The predicted octanol–water partition coefficient (Wildman–Crippen LogP) is 12.1. The second-order valence-electron chi connectivity index (χ2n) is 12.7. The van der Waals surface area contributed by atoms with E-state index in [9.17, 15) is 9.59 Å². The lowest BCUT2D eigenvalue weighted by Crippen LogP contribution is -2.16. The van der Waals surface area contributed by atoms with E-state index >= 15 is 0 Å². The Hall–Kier alpha value is -1.06. The van der Waals surface area contributed by atoms with Crippen molar-refractivity contribution in [1.82, 2.24) is 0 Å². The molecule has 0 heterocycles. The largest absolute Gasteiger partial charge is 0.481 e. The first-order valence-corrected chi connectivity index (χ1v) is 17.9. The van der Waals surface area contributed by atoms with Gasteiger partial charge in [0.25, 0.3) is 0 Å². The fourth-order valence-corrected chi connectivity index (χ4v) is 6.38. The molecule has 2 atom stereocenters. The van der Waals surface area contributed by atoms with Crippen LogP contribution in [0.5, 0.6) is 0 Å². The molecule has 0 spiro atoms. The minimum absolute atomic E-state index is 0.331. The lowest BCUT2D eigenvalue weighted by atomic mass is 9.78. The first-order chi connectivity index (χ1) is 19.5. The van der Waals surface area contributed by atoms with Crippen LogP contribution in [-0.4, -0.2) is 22.2 Å². The zero-order valence-electron chi connectivity index (χ0n) is 27.1. The minimum atomic E-state index is -0.657. The van der Waals surface area contributed by atoms with Crippen LogP contribution in [-0.2, 0) is 9.59 Å². The highest BCUT2D eigenvalue weighted by Gasteiger charge is 2.20. The second-order valence-corrected chi connectivity index (χ2v) is 12.7. The van der Waals surface area contributed by atoms with Crippen molar-refractivity contribution in [2.45, 2.75) is 206 Å². The lowest BCUT2D eigenvalue weighted by molar-refractivity contribution is -0.138. The predicted molar refractivity (Wildman–Crippen MR) is 172 cm³/mol. The molecule has 4 heteroatoms. The Morgan fingerprint density at radius 3 is 0.850 bits per heavy atom. The molecule has 0 fully saturated rings. The normalized spacial score (nSPS) is 12.9. The van der Waals surface area contributed by atoms with Crippen molar-refractivity contribution in [1.29, 1.82) is 0 Å². The number of unbranched alkanes of at least 4 members (excludes halogenated alkanes) is 20.